The van der Waals surface area contributed by atoms with Gasteiger partial charge >= 0.3 is 0 Å². The summed E-state index contributed by atoms with van der Waals surface area (Å²) in [7, 11) is 0. The number of aromatic nitrogens is 2. The van der Waals surface area contributed by atoms with E-state index in [4.69, 9.17) is 4.74 Å². The fourth-order valence-electron chi connectivity index (χ4n) is 4.61. The summed E-state index contributed by atoms with van der Waals surface area (Å²) < 4.78 is 46.9. The first-order valence-corrected chi connectivity index (χ1v) is 10.4. The molecule has 3 aliphatic rings. The lowest BCUT2D eigenvalue weighted by molar-refractivity contribution is 0.0989. The summed E-state index contributed by atoms with van der Waals surface area (Å²) in [4.78, 5) is 10.7. The van der Waals surface area contributed by atoms with Gasteiger partial charge in [0.25, 0.3) is 6.43 Å². The highest BCUT2D eigenvalue weighted by Crippen LogP contribution is 2.38. The molecule has 5 heterocycles. The van der Waals surface area contributed by atoms with Crippen molar-refractivity contribution in [2.24, 2.45) is 0 Å². The van der Waals surface area contributed by atoms with Crippen LogP contribution in [0.2, 0.25) is 0 Å². The summed E-state index contributed by atoms with van der Waals surface area (Å²) in [6.07, 6.45) is 1.27. The predicted molar refractivity (Wildman–Crippen MR) is 107 cm³/mol. The molecule has 2 bridgehead atoms. The van der Waals surface area contributed by atoms with Gasteiger partial charge in [-0.15, -0.1) is 0 Å². The fourth-order valence-corrected chi connectivity index (χ4v) is 4.61. The Bertz CT molecular complexity index is 904. The van der Waals surface area contributed by atoms with E-state index in [9.17, 15) is 8.78 Å². The second kappa shape index (κ2) is 8.03. The maximum absolute atomic E-state index is 15.6. The second-order valence-corrected chi connectivity index (χ2v) is 8.15. The van der Waals surface area contributed by atoms with Gasteiger partial charge in [-0.25, -0.2) is 23.1 Å². The van der Waals surface area contributed by atoms with E-state index in [2.05, 4.69) is 25.5 Å². The van der Waals surface area contributed by atoms with Gasteiger partial charge in [-0.3, -0.25) is 0 Å². The van der Waals surface area contributed by atoms with Gasteiger partial charge in [-0.2, -0.15) is 0 Å². The number of piperidine rings is 1. The van der Waals surface area contributed by atoms with Gasteiger partial charge in [-0.05, 0) is 44.5 Å². The summed E-state index contributed by atoms with van der Waals surface area (Å²) in [6, 6.07) is 4.68. The van der Waals surface area contributed by atoms with Crippen LogP contribution in [-0.2, 0) is 4.74 Å². The van der Waals surface area contributed by atoms with Gasteiger partial charge in [0.1, 0.15) is 11.6 Å². The van der Waals surface area contributed by atoms with Gasteiger partial charge in [-0.1, -0.05) is 0 Å². The monoisotopic (exact) mass is 419 g/mol. The Morgan fingerprint density at radius 1 is 1.20 bits per heavy atom. The standard InChI is InChI=1S/C21H24F3N5O/c22-19-16(29-10-15-7-14(29)11-30-15)8-18(28-20(19)12-3-5-25-6-4-12)27-17-2-1-13(9-26-17)21(23)24/h1-2,8-9,12,14-15,21,25H,3-7,10-11H2,(H,26,27,28). The number of pyridine rings is 2. The third kappa shape index (κ3) is 3.72. The van der Waals surface area contributed by atoms with Crippen LogP contribution in [0, 0.1) is 5.82 Å². The van der Waals surface area contributed by atoms with E-state index >= 15 is 4.39 Å². The Balaban J connectivity index is 1.48. The van der Waals surface area contributed by atoms with Crippen LogP contribution in [0.25, 0.3) is 0 Å². The summed E-state index contributed by atoms with van der Waals surface area (Å²) in [6.45, 7) is 2.93. The van der Waals surface area contributed by atoms with Gasteiger partial charge in [0, 0.05) is 30.3 Å². The van der Waals surface area contributed by atoms with Crippen molar-refractivity contribution in [2.75, 3.05) is 36.5 Å². The van der Waals surface area contributed by atoms with E-state index in [1.165, 1.54) is 12.1 Å². The van der Waals surface area contributed by atoms with Crippen LogP contribution in [0.4, 0.5) is 30.5 Å². The fraction of sp³-hybridized carbons (Fsp3) is 0.524. The van der Waals surface area contributed by atoms with E-state index in [1.807, 2.05) is 0 Å². The van der Waals surface area contributed by atoms with Crippen LogP contribution < -0.4 is 15.5 Å². The lowest BCUT2D eigenvalue weighted by atomic mass is 9.93. The van der Waals surface area contributed by atoms with E-state index in [0.717, 1.165) is 38.5 Å². The molecule has 0 saturated carbocycles. The van der Waals surface area contributed by atoms with E-state index < -0.39 is 6.43 Å². The minimum atomic E-state index is -2.57. The summed E-state index contributed by atoms with van der Waals surface area (Å²) in [5, 5.41) is 6.38. The van der Waals surface area contributed by atoms with Crippen molar-refractivity contribution in [1.82, 2.24) is 15.3 Å². The lowest BCUT2D eigenvalue weighted by Gasteiger charge is -2.31. The highest BCUT2D eigenvalue weighted by molar-refractivity contribution is 5.63. The molecule has 3 fully saturated rings. The molecule has 2 N–H and O–H groups in total. The number of hydrogen-bond donors (Lipinski definition) is 2. The molecule has 3 saturated heterocycles. The molecule has 0 aromatic carbocycles. The number of nitrogens with zero attached hydrogens (tertiary/aromatic N) is 3. The molecule has 0 radical (unpaired) electrons. The number of alkyl halides is 2. The number of rotatable bonds is 5. The average Bonchev–Trinajstić information content (AvgIpc) is 3.39. The SMILES string of the molecule is Fc1c(N2CC3CC2CO3)cc(Nc2ccc(C(F)F)cn2)nc1C1CCNCC1. The zero-order chi connectivity index (χ0) is 20.7. The molecule has 2 aromatic heterocycles. The number of halogens is 3. The maximum Gasteiger partial charge on any atom is 0.265 e. The third-order valence-corrected chi connectivity index (χ3v) is 6.19. The Kier molecular flexibility index (Phi) is 5.24. The van der Waals surface area contributed by atoms with E-state index in [0.29, 0.717) is 36.2 Å². The van der Waals surface area contributed by atoms with Gasteiger partial charge in [0.05, 0.1) is 30.1 Å². The summed E-state index contributed by atoms with van der Waals surface area (Å²) in [5.41, 5.74) is 0.849. The van der Waals surface area contributed by atoms with Crippen molar-refractivity contribution in [3.05, 3.63) is 41.5 Å². The second-order valence-electron chi connectivity index (χ2n) is 8.15. The van der Waals surface area contributed by atoms with Gasteiger partial charge in [0.2, 0.25) is 0 Å². The zero-order valence-corrected chi connectivity index (χ0v) is 16.5. The molecule has 5 rings (SSSR count). The number of fused-ring (bicyclic) bond motifs is 2. The zero-order valence-electron chi connectivity index (χ0n) is 16.5. The van der Waals surface area contributed by atoms with Gasteiger partial charge in [0.15, 0.2) is 5.82 Å². The molecule has 30 heavy (non-hydrogen) atoms. The van der Waals surface area contributed by atoms with Gasteiger partial charge < -0.3 is 20.3 Å². The maximum atomic E-state index is 15.6. The molecule has 2 unspecified atom stereocenters. The number of nitrogens with one attached hydrogen (secondary N) is 2. The molecule has 0 aliphatic carbocycles. The van der Waals surface area contributed by atoms with Crippen LogP contribution in [0.3, 0.4) is 0 Å². The Labute approximate surface area is 172 Å². The lowest BCUT2D eigenvalue weighted by Crippen LogP contribution is -2.38. The highest BCUT2D eigenvalue weighted by atomic mass is 19.3. The average molecular weight is 419 g/mol. The van der Waals surface area contributed by atoms with Crippen LogP contribution in [0.15, 0.2) is 24.4 Å². The number of morpholine rings is 1. The normalized spacial score (nSPS) is 24.1. The molecule has 2 aromatic rings. The first-order chi connectivity index (χ1) is 14.6. The molecule has 9 heteroatoms. The van der Waals surface area contributed by atoms with Crippen LogP contribution in [-0.4, -0.2) is 48.4 Å². The highest BCUT2D eigenvalue weighted by Gasteiger charge is 2.41. The number of hydrogen-bond acceptors (Lipinski definition) is 6. The molecule has 0 spiro atoms. The molecule has 0 amide bonds. The molecular formula is C21H24F3N5O. The number of anilines is 3. The minimum Gasteiger partial charge on any atom is -0.374 e. The molecule has 160 valence electrons. The number of ether oxygens (including phenoxy) is 1. The Morgan fingerprint density at radius 2 is 2.03 bits per heavy atom. The van der Waals surface area contributed by atoms with E-state index in [1.54, 1.807) is 6.07 Å². The van der Waals surface area contributed by atoms with Crippen LogP contribution in [0.1, 0.15) is 42.9 Å². The van der Waals surface area contributed by atoms with Crippen molar-refractivity contribution >= 4 is 17.3 Å². The van der Waals surface area contributed by atoms with Crippen molar-refractivity contribution in [3.8, 4) is 0 Å². The molecule has 2 atom stereocenters. The minimum absolute atomic E-state index is 0.0389. The molecular weight excluding hydrogens is 395 g/mol. The summed E-state index contributed by atoms with van der Waals surface area (Å²) >= 11 is 0. The van der Waals surface area contributed by atoms with Crippen molar-refractivity contribution in [1.29, 1.82) is 0 Å². The quantitative estimate of drug-likeness (QED) is 0.770. The molecule has 6 nitrogen and oxygen atoms in total. The van der Waals surface area contributed by atoms with E-state index in [-0.39, 0.29) is 29.4 Å². The third-order valence-electron chi connectivity index (χ3n) is 6.19. The van der Waals surface area contributed by atoms with Crippen molar-refractivity contribution in [2.45, 2.75) is 43.8 Å². The Hall–Kier alpha value is -2.39. The van der Waals surface area contributed by atoms with Crippen molar-refractivity contribution < 1.29 is 17.9 Å². The largest absolute Gasteiger partial charge is 0.374 e. The molecule has 3 aliphatic heterocycles. The first-order valence-electron chi connectivity index (χ1n) is 10.4. The Morgan fingerprint density at radius 3 is 2.67 bits per heavy atom. The smallest absolute Gasteiger partial charge is 0.265 e. The summed E-state index contributed by atoms with van der Waals surface area (Å²) in [5.74, 6) is 0.644. The first kappa shape index (κ1) is 19.6. The van der Waals surface area contributed by atoms with Crippen LogP contribution in [0.5, 0.6) is 0 Å². The van der Waals surface area contributed by atoms with Crippen molar-refractivity contribution in [3.63, 3.8) is 0 Å². The predicted octanol–water partition coefficient (Wildman–Crippen LogP) is 3.74. The topological polar surface area (TPSA) is 62.3 Å². The van der Waals surface area contributed by atoms with Crippen LogP contribution >= 0.6 is 0 Å².